The SMILES string of the molecule is COc1ccc(CC(=O)NCC(=O)Nc2nc3ccccc3[nH]2)cc1Cl. The van der Waals surface area contributed by atoms with E-state index in [4.69, 9.17) is 16.3 Å². The predicted molar refractivity (Wildman–Crippen MR) is 99.4 cm³/mol. The first-order chi connectivity index (χ1) is 12.5. The van der Waals surface area contributed by atoms with Crippen molar-refractivity contribution in [2.45, 2.75) is 6.42 Å². The molecule has 0 unspecified atom stereocenters. The Labute approximate surface area is 154 Å². The number of imidazole rings is 1. The molecule has 2 amide bonds. The van der Waals surface area contributed by atoms with Crippen LogP contribution in [0, 0.1) is 0 Å². The minimum Gasteiger partial charge on any atom is -0.495 e. The number of para-hydroxylation sites is 2. The number of methoxy groups -OCH3 is 1. The lowest BCUT2D eigenvalue weighted by Crippen LogP contribution is -2.34. The third kappa shape index (κ3) is 4.31. The molecule has 0 saturated heterocycles. The summed E-state index contributed by atoms with van der Waals surface area (Å²) in [7, 11) is 1.52. The average molecular weight is 373 g/mol. The molecular formula is C18H17ClN4O3. The summed E-state index contributed by atoms with van der Waals surface area (Å²) in [6, 6.07) is 12.5. The number of nitrogens with one attached hydrogen (secondary N) is 3. The fraction of sp³-hybridized carbons (Fsp3) is 0.167. The van der Waals surface area contributed by atoms with E-state index < -0.39 is 0 Å². The van der Waals surface area contributed by atoms with E-state index in [1.807, 2.05) is 24.3 Å². The lowest BCUT2D eigenvalue weighted by Gasteiger charge is -2.07. The highest BCUT2D eigenvalue weighted by Gasteiger charge is 2.10. The normalized spacial score (nSPS) is 10.5. The van der Waals surface area contributed by atoms with Gasteiger partial charge in [0.25, 0.3) is 0 Å². The van der Waals surface area contributed by atoms with E-state index in [2.05, 4.69) is 20.6 Å². The third-order valence-corrected chi connectivity index (χ3v) is 3.97. The minimum absolute atomic E-state index is 0.113. The molecule has 0 saturated carbocycles. The summed E-state index contributed by atoms with van der Waals surface area (Å²) < 4.78 is 5.07. The van der Waals surface area contributed by atoms with Crippen LogP contribution in [-0.4, -0.2) is 35.4 Å². The van der Waals surface area contributed by atoms with Crippen LogP contribution in [0.5, 0.6) is 5.75 Å². The topological polar surface area (TPSA) is 96.1 Å². The Morgan fingerprint density at radius 2 is 2.00 bits per heavy atom. The number of aromatic nitrogens is 2. The van der Waals surface area contributed by atoms with Gasteiger partial charge in [-0.3, -0.25) is 14.9 Å². The molecule has 8 heteroatoms. The minimum atomic E-state index is -0.370. The van der Waals surface area contributed by atoms with E-state index in [0.29, 0.717) is 16.7 Å². The number of ether oxygens (including phenoxy) is 1. The monoisotopic (exact) mass is 372 g/mol. The smallest absolute Gasteiger partial charge is 0.246 e. The largest absolute Gasteiger partial charge is 0.495 e. The number of hydrogen-bond donors (Lipinski definition) is 3. The molecule has 0 bridgehead atoms. The van der Waals surface area contributed by atoms with Gasteiger partial charge in [-0.2, -0.15) is 0 Å². The second-order valence-electron chi connectivity index (χ2n) is 5.57. The number of nitrogens with zero attached hydrogens (tertiary/aromatic N) is 1. The molecule has 3 rings (SSSR count). The molecule has 1 aromatic heterocycles. The summed E-state index contributed by atoms with van der Waals surface area (Å²) in [5.74, 6) is 0.226. The Morgan fingerprint density at radius 1 is 1.19 bits per heavy atom. The molecule has 3 N–H and O–H groups in total. The summed E-state index contributed by atoms with van der Waals surface area (Å²) >= 11 is 6.03. The van der Waals surface area contributed by atoms with Crippen molar-refractivity contribution >= 4 is 40.4 Å². The maximum atomic E-state index is 12.0. The number of rotatable bonds is 6. The van der Waals surface area contributed by atoms with Crippen molar-refractivity contribution in [2.24, 2.45) is 0 Å². The number of amides is 2. The molecule has 0 aliphatic rings. The van der Waals surface area contributed by atoms with Crippen molar-refractivity contribution in [3.05, 3.63) is 53.1 Å². The maximum Gasteiger partial charge on any atom is 0.246 e. The molecule has 0 aliphatic heterocycles. The number of anilines is 1. The number of carbonyl (C=O) groups excluding carboxylic acids is 2. The van der Waals surface area contributed by atoms with Crippen LogP contribution in [0.2, 0.25) is 5.02 Å². The van der Waals surface area contributed by atoms with Gasteiger partial charge in [0.05, 0.1) is 36.1 Å². The summed E-state index contributed by atoms with van der Waals surface area (Å²) in [5, 5.41) is 5.61. The molecule has 26 heavy (non-hydrogen) atoms. The number of H-pyrrole nitrogens is 1. The highest BCUT2D eigenvalue weighted by Crippen LogP contribution is 2.25. The highest BCUT2D eigenvalue weighted by molar-refractivity contribution is 6.32. The first-order valence-corrected chi connectivity index (χ1v) is 8.26. The summed E-state index contributed by atoms with van der Waals surface area (Å²) in [4.78, 5) is 31.2. The number of fused-ring (bicyclic) bond motifs is 1. The third-order valence-electron chi connectivity index (χ3n) is 3.67. The predicted octanol–water partition coefficient (Wildman–Crippen LogP) is 2.52. The van der Waals surface area contributed by atoms with Crippen LogP contribution in [0.25, 0.3) is 11.0 Å². The molecule has 0 aliphatic carbocycles. The van der Waals surface area contributed by atoms with Gasteiger partial charge in [-0.1, -0.05) is 29.8 Å². The number of carbonyl (C=O) groups is 2. The van der Waals surface area contributed by atoms with E-state index in [1.54, 1.807) is 18.2 Å². The van der Waals surface area contributed by atoms with E-state index in [9.17, 15) is 9.59 Å². The number of benzene rings is 2. The zero-order valence-electron chi connectivity index (χ0n) is 14.0. The average Bonchev–Trinajstić information content (AvgIpc) is 3.02. The van der Waals surface area contributed by atoms with Crippen LogP contribution in [0.3, 0.4) is 0 Å². The van der Waals surface area contributed by atoms with Gasteiger partial charge in [-0.05, 0) is 29.8 Å². The Hall–Kier alpha value is -3.06. The summed E-state index contributed by atoms with van der Waals surface area (Å²) in [5.41, 5.74) is 2.30. The van der Waals surface area contributed by atoms with Crippen molar-refractivity contribution in [1.29, 1.82) is 0 Å². The van der Waals surface area contributed by atoms with Gasteiger partial charge in [0.2, 0.25) is 17.8 Å². The standard InChI is InChI=1S/C18H17ClN4O3/c1-26-15-7-6-11(8-12(15)19)9-16(24)20-10-17(25)23-18-21-13-4-2-3-5-14(13)22-18/h2-8H,9-10H2,1H3,(H,20,24)(H2,21,22,23,25). The first kappa shape index (κ1) is 17.8. The fourth-order valence-electron chi connectivity index (χ4n) is 2.43. The van der Waals surface area contributed by atoms with Crippen LogP contribution in [0.4, 0.5) is 5.95 Å². The highest BCUT2D eigenvalue weighted by atomic mass is 35.5. The van der Waals surface area contributed by atoms with Gasteiger partial charge in [0.15, 0.2) is 0 Å². The second kappa shape index (κ2) is 7.88. The molecule has 1 heterocycles. The van der Waals surface area contributed by atoms with Crippen molar-refractivity contribution in [2.75, 3.05) is 19.0 Å². The van der Waals surface area contributed by atoms with Gasteiger partial charge in [0, 0.05) is 0 Å². The Kier molecular flexibility index (Phi) is 5.38. The molecule has 7 nitrogen and oxygen atoms in total. The van der Waals surface area contributed by atoms with Gasteiger partial charge < -0.3 is 15.0 Å². The van der Waals surface area contributed by atoms with Crippen LogP contribution >= 0.6 is 11.6 Å². The van der Waals surface area contributed by atoms with Crippen molar-refractivity contribution in [3.63, 3.8) is 0 Å². The molecule has 3 aromatic rings. The zero-order valence-corrected chi connectivity index (χ0v) is 14.8. The van der Waals surface area contributed by atoms with Gasteiger partial charge in [-0.25, -0.2) is 4.98 Å². The number of halogens is 1. The van der Waals surface area contributed by atoms with Crippen LogP contribution < -0.4 is 15.4 Å². The fourth-order valence-corrected chi connectivity index (χ4v) is 2.72. The maximum absolute atomic E-state index is 12.0. The van der Waals surface area contributed by atoms with Crippen LogP contribution in [-0.2, 0) is 16.0 Å². The Bertz CT molecular complexity index is 922. The van der Waals surface area contributed by atoms with Gasteiger partial charge >= 0.3 is 0 Å². The van der Waals surface area contributed by atoms with E-state index in [0.717, 1.165) is 16.6 Å². The van der Waals surface area contributed by atoms with Crippen LogP contribution in [0.15, 0.2) is 42.5 Å². The van der Waals surface area contributed by atoms with Crippen molar-refractivity contribution in [3.8, 4) is 5.75 Å². The van der Waals surface area contributed by atoms with Gasteiger partial charge in [0.1, 0.15) is 5.75 Å². The van der Waals surface area contributed by atoms with E-state index in [1.165, 1.54) is 7.11 Å². The molecule has 0 radical (unpaired) electrons. The molecular weight excluding hydrogens is 356 g/mol. The molecule has 0 spiro atoms. The molecule has 0 atom stereocenters. The second-order valence-corrected chi connectivity index (χ2v) is 5.98. The number of aromatic amines is 1. The Balaban J connectivity index is 1.50. The van der Waals surface area contributed by atoms with Crippen LogP contribution in [0.1, 0.15) is 5.56 Å². The molecule has 134 valence electrons. The van der Waals surface area contributed by atoms with E-state index >= 15 is 0 Å². The van der Waals surface area contributed by atoms with Crippen molar-refractivity contribution < 1.29 is 14.3 Å². The first-order valence-electron chi connectivity index (χ1n) is 7.89. The van der Waals surface area contributed by atoms with Crippen molar-refractivity contribution in [1.82, 2.24) is 15.3 Å². The van der Waals surface area contributed by atoms with Gasteiger partial charge in [-0.15, -0.1) is 0 Å². The Morgan fingerprint density at radius 3 is 2.73 bits per heavy atom. The molecule has 2 aromatic carbocycles. The lowest BCUT2D eigenvalue weighted by atomic mass is 10.1. The molecule has 0 fully saturated rings. The lowest BCUT2D eigenvalue weighted by molar-refractivity contribution is -0.123. The van der Waals surface area contributed by atoms with E-state index in [-0.39, 0.29) is 24.8 Å². The summed E-state index contributed by atoms with van der Waals surface area (Å²) in [6.07, 6.45) is 0.113. The zero-order chi connectivity index (χ0) is 18.5. The quantitative estimate of drug-likeness (QED) is 0.619. The summed E-state index contributed by atoms with van der Waals surface area (Å²) in [6.45, 7) is -0.153. The number of hydrogen-bond acceptors (Lipinski definition) is 4.